The van der Waals surface area contributed by atoms with Gasteiger partial charge in [0.25, 0.3) is 0 Å². The molecule has 2 heteroatoms. The molecular formula is C13H26N2. The summed E-state index contributed by atoms with van der Waals surface area (Å²) in [5.41, 5.74) is 0.305. The Kier molecular flexibility index (Phi) is 3.36. The molecule has 0 radical (unpaired) electrons. The zero-order valence-electron chi connectivity index (χ0n) is 10.6. The molecule has 1 heterocycles. The first-order valence-electron chi connectivity index (χ1n) is 6.54. The fraction of sp³-hybridized carbons (Fsp3) is 1.00. The number of nitrogens with zero attached hydrogens (tertiary/aromatic N) is 1. The van der Waals surface area contributed by atoms with E-state index in [4.69, 9.17) is 0 Å². The third-order valence-corrected chi connectivity index (χ3v) is 4.19. The van der Waals surface area contributed by atoms with Gasteiger partial charge in [-0.2, -0.15) is 0 Å². The fourth-order valence-electron chi connectivity index (χ4n) is 3.38. The molecule has 2 nitrogen and oxygen atoms in total. The number of hydrogen-bond donors (Lipinski definition) is 1. The third kappa shape index (κ3) is 2.73. The topological polar surface area (TPSA) is 15.3 Å². The van der Waals surface area contributed by atoms with Gasteiger partial charge in [-0.25, -0.2) is 0 Å². The minimum absolute atomic E-state index is 0.305. The summed E-state index contributed by atoms with van der Waals surface area (Å²) in [6.07, 6.45) is 7.29. The summed E-state index contributed by atoms with van der Waals surface area (Å²) in [5.74, 6) is 0.951. The molecule has 1 N–H and O–H groups in total. The minimum atomic E-state index is 0.305. The fourth-order valence-corrected chi connectivity index (χ4v) is 3.38. The molecule has 1 atom stereocenters. The maximum Gasteiger partial charge on any atom is 0.0252 e. The van der Waals surface area contributed by atoms with Gasteiger partial charge in [0.05, 0.1) is 0 Å². The summed E-state index contributed by atoms with van der Waals surface area (Å²) in [6, 6.07) is 0.790. The molecule has 1 saturated heterocycles. The van der Waals surface area contributed by atoms with Crippen molar-refractivity contribution in [3.8, 4) is 0 Å². The van der Waals surface area contributed by atoms with Gasteiger partial charge in [-0.3, -0.25) is 0 Å². The lowest BCUT2D eigenvalue weighted by atomic mass is 9.81. The monoisotopic (exact) mass is 210 g/mol. The molecule has 15 heavy (non-hydrogen) atoms. The Morgan fingerprint density at radius 1 is 1.13 bits per heavy atom. The van der Waals surface area contributed by atoms with Crippen molar-refractivity contribution in [1.82, 2.24) is 10.2 Å². The molecule has 2 fully saturated rings. The Morgan fingerprint density at radius 3 is 2.40 bits per heavy atom. The van der Waals surface area contributed by atoms with Crippen LogP contribution in [-0.4, -0.2) is 36.6 Å². The van der Waals surface area contributed by atoms with Gasteiger partial charge in [0, 0.05) is 24.7 Å². The number of rotatable bonds is 1. The van der Waals surface area contributed by atoms with Crippen molar-refractivity contribution in [1.29, 1.82) is 0 Å². The van der Waals surface area contributed by atoms with Crippen molar-refractivity contribution >= 4 is 0 Å². The van der Waals surface area contributed by atoms with E-state index in [1.165, 1.54) is 45.2 Å². The lowest BCUT2D eigenvalue weighted by molar-refractivity contribution is 0.0699. The zero-order chi connectivity index (χ0) is 10.9. The molecule has 0 bridgehead atoms. The molecule has 0 aromatic heterocycles. The van der Waals surface area contributed by atoms with Crippen LogP contribution in [0.5, 0.6) is 0 Å². The van der Waals surface area contributed by atoms with E-state index in [1.807, 2.05) is 0 Å². The quantitative estimate of drug-likeness (QED) is 0.714. The van der Waals surface area contributed by atoms with Crippen molar-refractivity contribution in [3.63, 3.8) is 0 Å². The molecule has 88 valence electrons. The van der Waals surface area contributed by atoms with Crippen molar-refractivity contribution in [2.75, 3.05) is 20.1 Å². The lowest BCUT2D eigenvalue weighted by Crippen LogP contribution is -2.62. The summed E-state index contributed by atoms with van der Waals surface area (Å²) >= 11 is 0. The standard InChI is InChI=1S/C13H26N2/c1-13(2)10-15(3)12(9-14-13)11-7-5-4-6-8-11/h11-12,14H,4-10H2,1-3H3. The van der Waals surface area contributed by atoms with E-state index in [0.29, 0.717) is 5.54 Å². The summed E-state index contributed by atoms with van der Waals surface area (Å²) in [6.45, 7) is 6.99. The molecule has 2 aliphatic rings. The first-order chi connectivity index (χ1) is 7.08. The van der Waals surface area contributed by atoms with Crippen molar-refractivity contribution in [2.24, 2.45) is 5.92 Å². The van der Waals surface area contributed by atoms with E-state index in [1.54, 1.807) is 0 Å². The highest BCUT2D eigenvalue weighted by Crippen LogP contribution is 2.30. The number of nitrogens with one attached hydrogen (secondary N) is 1. The average molecular weight is 210 g/mol. The Morgan fingerprint density at radius 2 is 1.80 bits per heavy atom. The van der Waals surface area contributed by atoms with Crippen molar-refractivity contribution < 1.29 is 0 Å². The summed E-state index contributed by atoms with van der Waals surface area (Å²) in [5, 5.41) is 3.69. The van der Waals surface area contributed by atoms with E-state index < -0.39 is 0 Å². The largest absolute Gasteiger partial charge is 0.309 e. The molecule has 1 saturated carbocycles. The SMILES string of the molecule is CN1CC(C)(C)NCC1C1CCCCC1. The van der Waals surface area contributed by atoms with Gasteiger partial charge < -0.3 is 10.2 Å². The van der Waals surface area contributed by atoms with Gasteiger partial charge in [0.2, 0.25) is 0 Å². The van der Waals surface area contributed by atoms with Gasteiger partial charge in [-0.1, -0.05) is 19.3 Å². The molecule has 1 aliphatic carbocycles. The summed E-state index contributed by atoms with van der Waals surface area (Å²) < 4.78 is 0. The number of hydrogen-bond acceptors (Lipinski definition) is 2. The van der Waals surface area contributed by atoms with Crippen LogP contribution in [0, 0.1) is 5.92 Å². The van der Waals surface area contributed by atoms with Crippen molar-refractivity contribution in [3.05, 3.63) is 0 Å². The molecule has 1 aliphatic heterocycles. The van der Waals surface area contributed by atoms with Gasteiger partial charge in [-0.05, 0) is 39.7 Å². The van der Waals surface area contributed by atoms with Crippen LogP contribution >= 0.6 is 0 Å². The van der Waals surface area contributed by atoms with Crippen LogP contribution in [0.15, 0.2) is 0 Å². The Hall–Kier alpha value is -0.0800. The molecule has 0 spiro atoms. The van der Waals surface area contributed by atoms with E-state index in [2.05, 4.69) is 31.1 Å². The second-order valence-corrected chi connectivity index (χ2v) is 6.15. The predicted octanol–water partition coefficient (Wildman–Crippen LogP) is 2.25. The van der Waals surface area contributed by atoms with E-state index in [-0.39, 0.29) is 0 Å². The molecule has 0 amide bonds. The van der Waals surface area contributed by atoms with Crippen LogP contribution in [0.2, 0.25) is 0 Å². The van der Waals surface area contributed by atoms with Crippen molar-refractivity contribution in [2.45, 2.75) is 57.5 Å². The van der Waals surface area contributed by atoms with Crippen LogP contribution < -0.4 is 5.32 Å². The van der Waals surface area contributed by atoms with Gasteiger partial charge in [0.15, 0.2) is 0 Å². The first-order valence-corrected chi connectivity index (χ1v) is 6.54. The maximum absolute atomic E-state index is 3.69. The third-order valence-electron chi connectivity index (χ3n) is 4.19. The first kappa shape index (κ1) is 11.4. The zero-order valence-corrected chi connectivity index (χ0v) is 10.6. The van der Waals surface area contributed by atoms with Gasteiger partial charge in [0.1, 0.15) is 0 Å². The van der Waals surface area contributed by atoms with E-state index in [0.717, 1.165) is 12.0 Å². The summed E-state index contributed by atoms with van der Waals surface area (Å²) in [4.78, 5) is 2.59. The minimum Gasteiger partial charge on any atom is -0.309 e. The maximum atomic E-state index is 3.69. The lowest BCUT2D eigenvalue weighted by Gasteiger charge is -2.46. The molecular weight excluding hydrogens is 184 g/mol. The highest BCUT2D eigenvalue weighted by molar-refractivity contribution is 4.93. The van der Waals surface area contributed by atoms with E-state index in [9.17, 15) is 0 Å². The van der Waals surface area contributed by atoms with Gasteiger partial charge >= 0.3 is 0 Å². The Bertz CT molecular complexity index is 207. The normalized spacial score (nSPS) is 34.2. The van der Waals surface area contributed by atoms with Crippen LogP contribution in [0.25, 0.3) is 0 Å². The van der Waals surface area contributed by atoms with Crippen LogP contribution in [0.3, 0.4) is 0 Å². The molecule has 1 unspecified atom stereocenters. The number of piperazine rings is 1. The van der Waals surface area contributed by atoms with Crippen LogP contribution in [0.1, 0.15) is 46.0 Å². The van der Waals surface area contributed by atoms with Crippen LogP contribution in [0.4, 0.5) is 0 Å². The highest BCUT2D eigenvalue weighted by atomic mass is 15.2. The Balaban J connectivity index is 1.92. The highest BCUT2D eigenvalue weighted by Gasteiger charge is 2.34. The number of likely N-dealkylation sites (N-methyl/N-ethyl adjacent to an activating group) is 1. The summed E-state index contributed by atoms with van der Waals surface area (Å²) in [7, 11) is 2.31. The predicted molar refractivity (Wildman–Crippen MR) is 65.1 cm³/mol. The molecule has 2 rings (SSSR count). The second kappa shape index (κ2) is 4.42. The average Bonchev–Trinajstić information content (AvgIpc) is 2.17. The second-order valence-electron chi connectivity index (χ2n) is 6.15. The van der Waals surface area contributed by atoms with Gasteiger partial charge in [-0.15, -0.1) is 0 Å². The van der Waals surface area contributed by atoms with E-state index >= 15 is 0 Å². The molecule has 0 aromatic rings. The Labute approximate surface area is 94.4 Å². The molecule has 0 aromatic carbocycles. The van der Waals surface area contributed by atoms with Crippen LogP contribution in [-0.2, 0) is 0 Å². The smallest absolute Gasteiger partial charge is 0.0252 e.